The van der Waals surface area contributed by atoms with Crippen LogP contribution in [0.15, 0.2) is 53.6 Å². The van der Waals surface area contributed by atoms with Crippen LogP contribution in [0, 0.1) is 0 Å². The fourth-order valence-corrected chi connectivity index (χ4v) is 3.92. The first-order valence-corrected chi connectivity index (χ1v) is 9.78. The minimum atomic E-state index is -0.448. The molecule has 0 saturated heterocycles. The first kappa shape index (κ1) is 19.9. The summed E-state index contributed by atoms with van der Waals surface area (Å²) < 4.78 is 6.40. The lowest BCUT2D eigenvalue weighted by Gasteiger charge is -2.06. The number of amides is 2. The molecule has 144 valence electrons. The fraction of sp³-hybridized carbons (Fsp3) is 0.150. The lowest BCUT2D eigenvalue weighted by molar-refractivity contribution is -0.120. The zero-order valence-corrected chi connectivity index (χ0v) is 16.6. The second-order valence-electron chi connectivity index (χ2n) is 5.69. The quantitative estimate of drug-likeness (QED) is 0.454. The van der Waals surface area contributed by atoms with Gasteiger partial charge in [-0.2, -0.15) is 5.10 Å². The Labute approximate surface area is 171 Å². The average Bonchev–Trinajstić information content (AvgIpc) is 3.05. The number of carbonyl (C=O) groups is 2. The summed E-state index contributed by atoms with van der Waals surface area (Å²) in [7, 11) is 0. The van der Waals surface area contributed by atoms with Crippen molar-refractivity contribution in [3.63, 3.8) is 0 Å². The SMILES string of the molecule is CCOc1ccccc1/C=N/NC(=O)CNC(=O)c1sc2ccccc2c1Cl. The fourth-order valence-electron chi connectivity index (χ4n) is 2.49. The molecule has 3 rings (SSSR count). The van der Waals surface area contributed by atoms with Gasteiger partial charge in [0.2, 0.25) is 0 Å². The van der Waals surface area contributed by atoms with E-state index in [1.807, 2.05) is 55.5 Å². The Morgan fingerprint density at radius 3 is 2.71 bits per heavy atom. The van der Waals surface area contributed by atoms with Crippen molar-refractivity contribution in [1.82, 2.24) is 10.7 Å². The minimum Gasteiger partial charge on any atom is -0.493 e. The topological polar surface area (TPSA) is 79.8 Å². The monoisotopic (exact) mass is 415 g/mol. The van der Waals surface area contributed by atoms with E-state index in [2.05, 4.69) is 15.8 Å². The zero-order chi connectivity index (χ0) is 19.9. The first-order chi connectivity index (χ1) is 13.6. The van der Waals surface area contributed by atoms with E-state index < -0.39 is 11.8 Å². The van der Waals surface area contributed by atoms with Crippen molar-refractivity contribution in [2.75, 3.05) is 13.2 Å². The molecule has 0 fully saturated rings. The summed E-state index contributed by atoms with van der Waals surface area (Å²) >= 11 is 7.56. The predicted molar refractivity (Wildman–Crippen MR) is 113 cm³/mol. The molecule has 2 N–H and O–H groups in total. The summed E-state index contributed by atoms with van der Waals surface area (Å²) in [5.41, 5.74) is 3.12. The summed E-state index contributed by atoms with van der Waals surface area (Å²) in [6.07, 6.45) is 1.49. The molecule has 0 radical (unpaired) electrons. The predicted octanol–water partition coefficient (Wildman–Crippen LogP) is 3.83. The largest absolute Gasteiger partial charge is 0.493 e. The molecule has 0 saturated carbocycles. The average molecular weight is 416 g/mol. The number of rotatable bonds is 7. The van der Waals surface area contributed by atoms with Gasteiger partial charge in [0.25, 0.3) is 11.8 Å². The number of hydrazone groups is 1. The third-order valence-electron chi connectivity index (χ3n) is 3.76. The Morgan fingerprint density at radius 2 is 1.93 bits per heavy atom. The number of ether oxygens (including phenoxy) is 1. The third-order valence-corrected chi connectivity index (χ3v) is 5.44. The normalized spacial score (nSPS) is 10.9. The number of para-hydroxylation sites is 1. The standard InChI is InChI=1S/C20H18ClN3O3S/c1-2-27-15-9-5-3-7-13(15)11-23-24-17(25)12-22-20(26)19-18(21)14-8-4-6-10-16(14)28-19/h3-11H,2,12H2,1H3,(H,22,26)(H,24,25)/b23-11+. The molecule has 0 atom stereocenters. The van der Waals surface area contributed by atoms with Crippen molar-refractivity contribution in [2.24, 2.45) is 5.10 Å². The molecule has 6 nitrogen and oxygen atoms in total. The molecular formula is C20H18ClN3O3S. The van der Waals surface area contributed by atoms with Gasteiger partial charge in [-0.3, -0.25) is 9.59 Å². The number of hydrogen-bond donors (Lipinski definition) is 2. The molecule has 0 spiro atoms. The van der Waals surface area contributed by atoms with Crippen LogP contribution >= 0.6 is 22.9 Å². The number of nitrogens with zero attached hydrogens (tertiary/aromatic N) is 1. The van der Waals surface area contributed by atoms with Gasteiger partial charge in [-0.05, 0) is 25.1 Å². The number of hydrogen-bond acceptors (Lipinski definition) is 5. The van der Waals surface area contributed by atoms with Crippen LogP contribution in [0.25, 0.3) is 10.1 Å². The number of benzene rings is 2. The Kier molecular flexibility index (Phi) is 6.62. The van der Waals surface area contributed by atoms with E-state index in [0.717, 1.165) is 15.6 Å². The smallest absolute Gasteiger partial charge is 0.263 e. The van der Waals surface area contributed by atoms with E-state index in [9.17, 15) is 9.59 Å². The first-order valence-electron chi connectivity index (χ1n) is 8.59. The Hall–Kier alpha value is -2.90. The van der Waals surface area contributed by atoms with Crippen LogP contribution in [0.3, 0.4) is 0 Å². The second-order valence-corrected chi connectivity index (χ2v) is 7.12. The van der Waals surface area contributed by atoms with Crippen molar-refractivity contribution >= 4 is 51.1 Å². The Balaban J connectivity index is 1.55. The molecule has 1 heterocycles. The molecule has 0 aliphatic heterocycles. The van der Waals surface area contributed by atoms with Gasteiger partial charge in [-0.15, -0.1) is 11.3 Å². The Morgan fingerprint density at radius 1 is 1.18 bits per heavy atom. The Bertz CT molecular complexity index is 1030. The number of carbonyl (C=O) groups excluding carboxylic acids is 2. The number of nitrogens with one attached hydrogen (secondary N) is 2. The third kappa shape index (κ3) is 4.68. The van der Waals surface area contributed by atoms with Crippen LogP contribution in [0.5, 0.6) is 5.75 Å². The highest BCUT2D eigenvalue weighted by molar-refractivity contribution is 7.21. The molecule has 8 heteroatoms. The van der Waals surface area contributed by atoms with E-state index >= 15 is 0 Å². The lowest BCUT2D eigenvalue weighted by Crippen LogP contribution is -2.34. The highest BCUT2D eigenvalue weighted by Crippen LogP contribution is 2.34. The van der Waals surface area contributed by atoms with Gasteiger partial charge in [0.15, 0.2) is 0 Å². The van der Waals surface area contributed by atoms with Crippen molar-refractivity contribution in [3.05, 3.63) is 64.0 Å². The van der Waals surface area contributed by atoms with Gasteiger partial charge >= 0.3 is 0 Å². The molecule has 0 aliphatic rings. The van der Waals surface area contributed by atoms with E-state index in [-0.39, 0.29) is 6.54 Å². The molecular weight excluding hydrogens is 398 g/mol. The van der Waals surface area contributed by atoms with Crippen LogP contribution in [0.2, 0.25) is 5.02 Å². The highest BCUT2D eigenvalue weighted by Gasteiger charge is 2.17. The van der Waals surface area contributed by atoms with Crippen molar-refractivity contribution in [1.29, 1.82) is 0 Å². The minimum absolute atomic E-state index is 0.214. The maximum atomic E-state index is 12.3. The van der Waals surface area contributed by atoms with Crippen LogP contribution in [0.1, 0.15) is 22.2 Å². The lowest BCUT2D eigenvalue weighted by atomic mass is 10.2. The van der Waals surface area contributed by atoms with Gasteiger partial charge in [0.1, 0.15) is 10.6 Å². The van der Waals surface area contributed by atoms with Crippen LogP contribution in [-0.2, 0) is 4.79 Å². The van der Waals surface area contributed by atoms with E-state index in [1.54, 1.807) is 0 Å². The molecule has 0 aliphatic carbocycles. The van der Waals surface area contributed by atoms with E-state index in [4.69, 9.17) is 16.3 Å². The van der Waals surface area contributed by atoms with E-state index in [0.29, 0.717) is 22.3 Å². The van der Waals surface area contributed by atoms with Gasteiger partial charge in [-0.1, -0.05) is 41.9 Å². The summed E-state index contributed by atoms with van der Waals surface area (Å²) in [5, 5.41) is 7.68. The summed E-state index contributed by atoms with van der Waals surface area (Å²) in [4.78, 5) is 24.6. The van der Waals surface area contributed by atoms with Gasteiger partial charge < -0.3 is 10.1 Å². The molecule has 2 aromatic carbocycles. The van der Waals surface area contributed by atoms with E-state index in [1.165, 1.54) is 17.6 Å². The molecule has 0 unspecified atom stereocenters. The molecule has 0 bridgehead atoms. The van der Waals surface area contributed by atoms with Crippen LogP contribution in [-0.4, -0.2) is 31.2 Å². The van der Waals surface area contributed by atoms with Crippen LogP contribution in [0.4, 0.5) is 0 Å². The second kappa shape index (κ2) is 9.34. The summed E-state index contributed by atoms with van der Waals surface area (Å²) in [5.74, 6) is -0.168. The van der Waals surface area contributed by atoms with Crippen molar-refractivity contribution < 1.29 is 14.3 Å². The number of thiophene rings is 1. The van der Waals surface area contributed by atoms with Gasteiger partial charge in [0.05, 0.1) is 24.4 Å². The van der Waals surface area contributed by atoms with Crippen LogP contribution < -0.4 is 15.5 Å². The number of halogens is 1. The zero-order valence-electron chi connectivity index (χ0n) is 15.1. The maximum Gasteiger partial charge on any atom is 0.263 e. The maximum absolute atomic E-state index is 12.3. The van der Waals surface area contributed by atoms with Gasteiger partial charge in [0, 0.05) is 15.6 Å². The van der Waals surface area contributed by atoms with Crippen molar-refractivity contribution in [3.8, 4) is 5.75 Å². The molecule has 28 heavy (non-hydrogen) atoms. The van der Waals surface area contributed by atoms with Crippen molar-refractivity contribution in [2.45, 2.75) is 6.92 Å². The highest BCUT2D eigenvalue weighted by atomic mass is 35.5. The molecule has 3 aromatic rings. The summed E-state index contributed by atoms with van der Waals surface area (Å²) in [6.45, 7) is 2.21. The molecule has 2 amide bonds. The van der Waals surface area contributed by atoms with Gasteiger partial charge in [-0.25, -0.2) is 5.43 Å². The number of fused-ring (bicyclic) bond motifs is 1. The molecule has 1 aromatic heterocycles. The summed E-state index contributed by atoms with van der Waals surface area (Å²) in [6, 6.07) is 14.8.